The molecule has 0 fully saturated rings. The van der Waals surface area contributed by atoms with Crippen molar-refractivity contribution in [1.29, 1.82) is 0 Å². The van der Waals surface area contributed by atoms with Gasteiger partial charge in [0.25, 0.3) is 0 Å². The molecule has 6 heterocycles. The molecule has 6 aliphatic rings. The zero-order chi connectivity index (χ0) is 91.5. The van der Waals surface area contributed by atoms with Crippen molar-refractivity contribution in [3.63, 3.8) is 0 Å². The Labute approximate surface area is 766 Å². The van der Waals surface area contributed by atoms with Crippen LogP contribution in [0.1, 0.15) is 136 Å². The lowest BCUT2D eigenvalue weighted by molar-refractivity contribution is 0.398. The fourth-order valence-electron chi connectivity index (χ4n) is 19.4. The number of phenols is 14. The number of phenolic OH excluding ortho intramolecular Hbond substituents is 14. The fourth-order valence-corrected chi connectivity index (χ4v) is 19.4. The Hall–Kier alpha value is -14.5. The van der Waals surface area contributed by atoms with Crippen molar-refractivity contribution in [1.82, 2.24) is 31.9 Å². The van der Waals surface area contributed by atoms with Gasteiger partial charge < -0.3 is 103 Å². The second kappa shape index (κ2) is 40.7. The molecule has 132 heavy (non-hydrogen) atoms. The average Bonchev–Trinajstić information content (AvgIpc) is 0.795. The highest BCUT2D eigenvalue weighted by atomic mass is 16.3. The van der Waals surface area contributed by atoms with Crippen molar-refractivity contribution in [3.05, 3.63) is 391 Å². The van der Waals surface area contributed by atoms with Crippen LogP contribution in [-0.2, 0) is 77.0 Å². The maximum Gasteiger partial charge on any atom is 0.157 e. The molecule has 0 saturated heterocycles. The number of hydrogen-bond donors (Lipinski definition) is 20. The molecule has 0 aliphatic carbocycles. The Morgan fingerprint density at radius 2 is 0.394 bits per heavy atom. The van der Waals surface area contributed by atoms with Gasteiger partial charge in [-0.05, 0) is 357 Å². The van der Waals surface area contributed by atoms with E-state index in [1.54, 1.807) is 97.1 Å². The highest BCUT2D eigenvalue weighted by molar-refractivity contribution is 5.87. The van der Waals surface area contributed by atoms with Gasteiger partial charge in [-0.15, -0.1) is 0 Å². The third kappa shape index (κ3) is 21.2. The van der Waals surface area contributed by atoms with Gasteiger partial charge in [-0.2, -0.15) is 0 Å². The molecule has 0 spiro atoms. The zero-order valence-corrected chi connectivity index (χ0v) is 73.2. The Morgan fingerprint density at radius 3 is 0.667 bits per heavy atom. The van der Waals surface area contributed by atoms with Crippen molar-refractivity contribution in [2.75, 3.05) is 39.3 Å². The lowest BCUT2D eigenvalue weighted by Crippen LogP contribution is -2.31. The maximum absolute atomic E-state index is 9.85. The molecule has 20 nitrogen and oxygen atoms in total. The van der Waals surface area contributed by atoms with E-state index in [9.17, 15) is 71.5 Å². The summed E-state index contributed by atoms with van der Waals surface area (Å²) >= 11 is 0. The first-order chi connectivity index (χ1) is 64.1. The minimum Gasteiger partial charge on any atom is -0.508 e. The van der Waals surface area contributed by atoms with Crippen molar-refractivity contribution in [2.45, 2.75) is 113 Å². The van der Waals surface area contributed by atoms with Gasteiger partial charge in [0, 0.05) is 36.3 Å². The molecule has 0 saturated carbocycles. The number of aromatic hydroxyl groups is 14. The van der Waals surface area contributed by atoms with Gasteiger partial charge in [0.2, 0.25) is 0 Å². The first-order valence-electron chi connectivity index (χ1n) is 45.3. The van der Waals surface area contributed by atoms with E-state index in [2.05, 4.69) is 202 Å². The van der Waals surface area contributed by atoms with Crippen LogP contribution in [0.4, 0.5) is 0 Å². The molecule has 20 N–H and O–H groups in total. The van der Waals surface area contributed by atoms with Gasteiger partial charge in [0.05, 0.1) is 0 Å². The van der Waals surface area contributed by atoms with Crippen LogP contribution < -0.4 is 31.9 Å². The van der Waals surface area contributed by atoms with E-state index in [1.807, 2.05) is 24.3 Å². The topological polar surface area (TPSA) is 355 Å². The van der Waals surface area contributed by atoms with Crippen LogP contribution in [-0.4, -0.2) is 111 Å². The molecule has 672 valence electrons. The molecule has 22 rings (SSSR count). The number of hydrogen-bond acceptors (Lipinski definition) is 20. The molecule has 0 radical (unpaired) electrons. The Bertz CT molecular complexity index is 6400. The molecule has 20 heteroatoms. The highest BCUT2D eigenvalue weighted by Gasteiger charge is 2.30. The van der Waals surface area contributed by atoms with Gasteiger partial charge in [0.1, 0.15) is 11.5 Å². The predicted molar refractivity (Wildman–Crippen MR) is 520 cm³/mol. The standard InChI is InChI=1S/4C20H19NO2.2C16H17NO3/c2*22-19-11-15-8-9-21-18(17(15)12-20(19)23)10-14-6-3-5-13-4-1-2-7-16(13)14;2*22-19-11-16-7-8-21-18(17(16)12-20(19)23)10-13-5-6-14-3-1-2-4-15(14)9-13;2*18-12-3-1-10(2-4-12)7-14-13-9-16(20)15(19)8-11(13)5-6-17-14/h2*1-7,11-12,18,21-23H,8-10H2;2*1-6,9,11-12,18,21-23H,7-8,10H2;2*1-4,8-9,14,17-20H,5-7H2/t4*18-;2*14-/m101010/s1. The first kappa shape index (κ1) is 89.5. The second-order valence-corrected chi connectivity index (χ2v) is 35.0. The third-order valence-corrected chi connectivity index (χ3v) is 26.2. The van der Waals surface area contributed by atoms with Gasteiger partial charge in [-0.25, -0.2) is 0 Å². The SMILES string of the molecule is Oc1cc2c(cc1O)[C@@H](Cc1ccc3ccccc3c1)NCC2.Oc1cc2c(cc1O)[C@@H](Cc1cccc3ccccc13)NCC2.Oc1cc2c(cc1O)[C@H](Cc1ccc3ccccc3c1)NCC2.Oc1cc2c(cc1O)[C@H](Cc1cccc3ccccc13)NCC2.Oc1ccc(C[C@@H]2NCCc3cc(O)c(O)cc32)cc1.Oc1ccc(C[C@H]2NCCc3cc(O)c(O)cc32)cc1. The Morgan fingerprint density at radius 1 is 0.182 bits per heavy atom. The summed E-state index contributed by atoms with van der Waals surface area (Å²) in [6.45, 7) is 5.23. The molecule has 0 aromatic heterocycles. The fraction of sp³-hybridized carbons (Fsp3) is 0.214. The summed E-state index contributed by atoms with van der Waals surface area (Å²) in [5, 5.41) is 166. The van der Waals surface area contributed by atoms with E-state index in [0.717, 1.165) is 194 Å². The summed E-state index contributed by atoms with van der Waals surface area (Å²) in [5.74, 6) is -0.0805. The predicted octanol–water partition coefficient (Wildman–Crippen LogP) is 19.2. The van der Waals surface area contributed by atoms with E-state index in [-0.39, 0.29) is 117 Å². The maximum atomic E-state index is 9.85. The zero-order valence-electron chi connectivity index (χ0n) is 73.2. The van der Waals surface area contributed by atoms with E-state index in [4.69, 9.17) is 0 Å². The second-order valence-electron chi connectivity index (χ2n) is 35.0. The van der Waals surface area contributed by atoms with E-state index in [0.29, 0.717) is 0 Å². The van der Waals surface area contributed by atoms with E-state index in [1.165, 1.54) is 65.3 Å². The molecular formula is C112H110N6O14. The third-order valence-electron chi connectivity index (χ3n) is 26.2. The minimum absolute atomic E-state index is 0.0323. The number of nitrogens with one attached hydrogen (secondary N) is 6. The summed E-state index contributed by atoms with van der Waals surface area (Å²) < 4.78 is 0. The number of benzene rings is 16. The number of rotatable bonds is 12. The monoisotopic (exact) mass is 1760 g/mol. The summed E-state index contributed by atoms with van der Waals surface area (Å²) in [4.78, 5) is 0. The Kier molecular flexibility index (Phi) is 27.6. The molecule has 0 bridgehead atoms. The van der Waals surface area contributed by atoms with Crippen LogP contribution >= 0.6 is 0 Å². The van der Waals surface area contributed by atoms with Crippen LogP contribution in [0.25, 0.3) is 43.1 Å². The molecule has 16 aromatic rings. The van der Waals surface area contributed by atoms with Crippen LogP contribution in [0.15, 0.2) is 291 Å². The van der Waals surface area contributed by atoms with Gasteiger partial charge in [-0.3, -0.25) is 0 Å². The van der Waals surface area contributed by atoms with Crippen LogP contribution in [0.3, 0.4) is 0 Å². The van der Waals surface area contributed by atoms with Gasteiger partial charge in [0.15, 0.2) is 69.0 Å². The van der Waals surface area contributed by atoms with Crippen molar-refractivity contribution < 1.29 is 71.5 Å². The van der Waals surface area contributed by atoms with Crippen LogP contribution in [0.2, 0.25) is 0 Å². The molecule has 0 amide bonds. The molecule has 0 unspecified atom stereocenters. The molecular weight excluding hydrogens is 1650 g/mol. The molecule has 16 aromatic carbocycles. The molecule has 6 atom stereocenters. The summed E-state index contributed by atoms with van der Waals surface area (Å²) in [5.41, 5.74) is 20.3. The lowest BCUT2D eigenvalue weighted by Gasteiger charge is -2.28. The highest BCUT2D eigenvalue weighted by Crippen LogP contribution is 2.43. The Balaban J connectivity index is 0.000000111. The number of fused-ring (bicyclic) bond motifs is 10. The normalized spacial score (nSPS) is 17.3. The summed E-state index contributed by atoms with van der Waals surface area (Å²) in [6.07, 6.45) is 10.2. The van der Waals surface area contributed by atoms with Crippen LogP contribution in [0.5, 0.6) is 80.5 Å². The lowest BCUT2D eigenvalue weighted by atomic mass is 9.88. The smallest absolute Gasteiger partial charge is 0.157 e. The van der Waals surface area contributed by atoms with Gasteiger partial charge >= 0.3 is 0 Å². The first-order valence-corrected chi connectivity index (χ1v) is 45.3. The summed E-state index contributed by atoms with van der Waals surface area (Å²) in [7, 11) is 0. The quantitative estimate of drug-likeness (QED) is 0.0505. The molecule has 6 aliphatic heterocycles. The minimum atomic E-state index is -0.0804. The largest absolute Gasteiger partial charge is 0.508 e. The van der Waals surface area contributed by atoms with Crippen molar-refractivity contribution >= 4 is 43.1 Å². The van der Waals surface area contributed by atoms with Crippen molar-refractivity contribution in [2.24, 2.45) is 0 Å². The van der Waals surface area contributed by atoms with E-state index < -0.39 is 0 Å². The van der Waals surface area contributed by atoms with Crippen LogP contribution in [0, 0.1) is 0 Å². The average molecular weight is 1760 g/mol. The van der Waals surface area contributed by atoms with E-state index >= 15 is 0 Å². The van der Waals surface area contributed by atoms with Gasteiger partial charge in [-0.1, -0.05) is 194 Å². The van der Waals surface area contributed by atoms with Crippen molar-refractivity contribution in [3.8, 4) is 80.5 Å². The summed E-state index contributed by atoms with van der Waals surface area (Å²) in [6, 6.07) is 94.7.